The summed E-state index contributed by atoms with van der Waals surface area (Å²) in [6, 6.07) is 13.6. The Labute approximate surface area is 165 Å². The molecule has 136 valence electrons. The van der Waals surface area contributed by atoms with Crippen LogP contribution in [-0.4, -0.2) is 4.98 Å². The zero-order valence-corrected chi connectivity index (χ0v) is 16.3. The molecule has 0 aliphatic heterocycles. The van der Waals surface area contributed by atoms with E-state index in [0.717, 1.165) is 52.7 Å². The number of anilines is 1. The lowest BCUT2D eigenvalue weighted by Gasteiger charge is -2.19. The second-order valence-electron chi connectivity index (χ2n) is 6.48. The number of aryl methyl sites for hydroxylation is 1. The maximum absolute atomic E-state index is 9.61. The zero-order chi connectivity index (χ0) is 18.8. The van der Waals surface area contributed by atoms with Crippen molar-refractivity contribution in [1.82, 2.24) is 4.98 Å². The van der Waals surface area contributed by atoms with Gasteiger partial charge >= 0.3 is 0 Å². The van der Waals surface area contributed by atoms with E-state index in [1.165, 1.54) is 0 Å². The van der Waals surface area contributed by atoms with E-state index >= 15 is 0 Å². The third-order valence-electron chi connectivity index (χ3n) is 4.73. The quantitative estimate of drug-likeness (QED) is 0.636. The van der Waals surface area contributed by atoms with Gasteiger partial charge in [-0.3, -0.25) is 0 Å². The Balaban J connectivity index is 1.66. The van der Waals surface area contributed by atoms with Crippen molar-refractivity contribution in [1.29, 1.82) is 5.26 Å². The number of hydrogen-bond acceptors (Lipinski definition) is 5. The van der Waals surface area contributed by atoms with Gasteiger partial charge in [0.05, 0.1) is 4.47 Å². The van der Waals surface area contributed by atoms with Crippen LogP contribution in [0.3, 0.4) is 0 Å². The number of nitrogen functional groups attached to an aromatic ring is 1. The Morgan fingerprint density at radius 3 is 2.81 bits per heavy atom. The summed E-state index contributed by atoms with van der Waals surface area (Å²) in [5.74, 6) is 2.35. The van der Waals surface area contributed by atoms with Gasteiger partial charge in [-0.1, -0.05) is 12.1 Å². The minimum atomic E-state index is 0.274. The van der Waals surface area contributed by atoms with Crippen molar-refractivity contribution in [3.05, 3.63) is 63.5 Å². The molecule has 0 fully saturated rings. The molecular formula is C21H18BrN3O2. The van der Waals surface area contributed by atoms with E-state index in [1.54, 1.807) is 0 Å². The summed E-state index contributed by atoms with van der Waals surface area (Å²) < 4.78 is 12.7. The van der Waals surface area contributed by atoms with Crippen LogP contribution >= 0.6 is 15.9 Å². The van der Waals surface area contributed by atoms with Gasteiger partial charge < -0.3 is 14.9 Å². The number of para-hydroxylation sites is 1. The van der Waals surface area contributed by atoms with E-state index in [1.807, 2.05) is 36.4 Å². The van der Waals surface area contributed by atoms with Crippen LogP contribution in [0.5, 0.6) is 5.75 Å². The van der Waals surface area contributed by atoms with Gasteiger partial charge in [-0.05, 0) is 71.4 Å². The fraction of sp³-hybridized carbons (Fsp3) is 0.238. The molecule has 5 nitrogen and oxygen atoms in total. The van der Waals surface area contributed by atoms with Crippen molar-refractivity contribution in [2.75, 3.05) is 5.73 Å². The molecule has 0 saturated carbocycles. The van der Waals surface area contributed by atoms with Crippen LogP contribution in [0.1, 0.15) is 35.4 Å². The fourth-order valence-electron chi connectivity index (χ4n) is 3.45. The largest absolute Gasteiger partial charge is 0.484 e. The van der Waals surface area contributed by atoms with Gasteiger partial charge in [0.25, 0.3) is 0 Å². The first-order chi connectivity index (χ1) is 13.2. The molecule has 2 N–H and O–H groups in total. The van der Waals surface area contributed by atoms with Crippen molar-refractivity contribution in [3.63, 3.8) is 0 Å². The first kappa shape index (κ1) is 17.6. The number of pyridine rings is 1. The highest BCUT2D eigenvalue weighted by molar-refractivity contribution is 9.10. The molecular weight excluding hydrogens is 406 g/mol. The summed E-state index contributed by atoms with van der Waals surface area (Å²) in [6.07, 6.45) is 3.94. The number of furan rings is 1. The van der Waals surface area contributed by atoms with Crippen LogP contribution in [0.25, 0.3) is 11.3 Å². The molecule has 0 atom stereocenters. The Morgan fingerprint density at radius 2 is 2.00 bits per heavy atom. The van der Waals surface area contributed by atoms with Gasteiger partial charge in [0.1, 0.15) is 41.3 Å². The summed E-state index contributed by atoms with van der Waals surface area (Å²) in [5, 5.41) is 9.61. The highest BCUT2D eigenvalue weighted by atomic mass is 79.9. The molecule has 1 aliphatic carbocycles. The van der Waals surface area contributed by atoms with Crippen LogP contribution in [-0.2, 0) is 19.4 Å². The normalized spacial score (nSPS) is 13.0. The summed E-state index contributed by atoms with van der Waals surface area (Å²) in [6.45, 7) is 0.299. The Bertz CT molecular complexity index is 1040. The number of nitrogens with two attached hydrogens (primary N) is 1. The molecule has 1 aromatic carbocycles. The lowest BCUT2D eigenvalue weighted by atomic mass is 9.89. The first-order valence-corrected chi connectivity index (χ1v) is 9.64. The van der Waals surface area contributed by atoms with Crippen LogP contribution in [0.15, 0.2) is 45.3 Å². The number of ether oxygens (including phenoxy) is 1. The van der Waals surface area contributed by atoms with Crippen LogP contribution < -0.4 is 10.5 Å². The smallest absolute Gasteiger partial charge is 0.146 e. The molecule has 3 aromatic rings. The van der Waals surface area contributed by atoms with Gasteiger partial charge in [-0.2, -0.15) is 5.26 Å². The zero-order valence-electron chi connectivity index (χ0n) is 14.7. The third-order valence-corrected chi connectivity index (χ3v) is 5.38. The molecule has 0 bridgehead atoms. The number of benzene rings is 1. The topological polar surface area (TPSA) is 85.1 Å². The lowest BCUT2D eigenvalue weighted by Crippen LogP contribution is -2.11. The van der Waals surface area contributed by atoms with Gasteiger partial charge in [0, 0.05) is 11.3 Å². The number of fused-ring (bicyclic) bond motifs is 1. The van der Waals surface area contributed by atoms with Crippen LogP contribution in [0, 0.1) is 11.3 Å². The number of nitriles is 1. The number of aromatic nitrogens is 1. The van der Waals surface area contributed by atoms with E-state index in [-0.39, 0.29) is 5.82 Å². The number of nitrogens with zero attached hydrogens (tertiary/aromatic N) is 2. The minimum absolute atomic E-state index is 0.274. The summed E-state index contributed by atoms with van der Waals surface area (Å²) in [5.41, 5.74) is 9.29. The molecule has 6 heteroatoms. The molecule has 0 amide bonds. The SMILES string of the molecule is N#Cc1c(N)nc2c(c1-c1ccc(COc3ccccc3Br)o1)CCCC2. The highest BCUT2D eigenvalue weighted by Crippen LogP contribution is 2.37. The van der Waals surface area contributed by atoms with E-state index in [2.05, 4.69) is 27.0 Å². The van der Waals surface area contributed by atoms with E-state index in [9.17, 15) is 5.26 Å². The Morgan fingerprint density at radius 1 is 1.19 bits per heavy atom. The van der Waals surface area contributed by atoms with Crippen molar-refractivity contribution in [2.45, 2.75) is 32.3 Å². The average Bonchev–Trinajstić information content (AvgIpc) is 3.15. The van der Waals surface area contributed by atoms with Gasteiger partial charge in [0.2, 0.25) is 0 Å². The van der Waals surface area contributed by atoms with E-state index in [4.69, 9.17) is 14.9 Å². The Hall–Kier alpha value is -2.78. The fourth-order valence-corrected chi connectivity index (χ4v) is 3.85. The van der Waals surface area contributed by atoms with E-state index in [0.29, 0.717) is 23.7 Å². The van der Waals surface area contributed by atoms with Crippen molar-refractivity contribution >= 4 is 21.7 Å². The predicted molar refractivity (Wildman–Crippen MR) is 106 cm³/mol. The molecule has 0 unspecified atom stereocenters. The number of halogens is 1. The molecule has 4 rings (SSSR count). The molecule has 2 aromatic heterocycles. The molecule has 0 spiro atoms. The maximum Gasteiger partial charge on any atom is 0.146 e. The summed E-state index contributed by atoms with van der Waals surface area (Å²) in [7, 11) is 0. The minimum Gasteiger partial charge on any atom is -0.484 e. The van der Waals surface area contributed by atoms with E-state index < -0.39 is 0 Å². The van der Waals surface area contributed by atoms with Crippen molar-refractivity contribution in [2.24, 2.45) is 0 Å². The lowest BCUT2D eigenvalue weighted by molar-refractivity contribution is 0.270. The standard InChI is InChI=1S/C21H18BrN3O2/c22-16-6-2-4-8-18(16)26-12-13-9-10-19(27-13)20-14-5-1-3-7-17(14)25-21(24)15(20)11-23/h2,4,6,8-10H,1,3,5,7,12H2,(H2,24,25). The molecule has 27 heavy (non-hydrogen) atoms. The second-order valence-corrected chi connectivity index (χ2v) is 7.33. The predicted octanol–water partition coefficient (Wildman–Crippen LogP) is 5.02. The highest BCUT2D eigenvalue weighted by Gasteiger charge is 2.24. The van der Waals surface area contributed by atoms with Gasteiger partial charge in [-0.25, -0.2) is 4.98 Å². The molecule has 0 radical (unpaired) electrons. The second kappa shape index (κ2) is 7.45. The summed E-state index contributed by atoms with van der Waals surface area (Å²) >= 11 is 3.47. The number of hydrogen-bond donors (Lipinski definition) is 1. The molecule has 2 heterocycles. The summed E-state index contributed by atoms with van der Waals surface area (Å²) in [4.78, 5) is 4.45. The third kappa shape index (κ3) is 3.43. The number of rotatable bonds is 4. The first-order valence-electron chi connectivity index (χ1n) is 8.85. The maximum atomic E-state index is 9.61. The van der Waals surface area contributed by atoms with Crippen molar-refractivity contribution < 1.29 is 9.15 Å². The Kier molecular flexibility index (Phi) is 4.87. The molecule has 0 saturated heterocycles. The van der Waals surface area contributed by atoms with Crippen LogP contribution in [0.2, 0.25) is 0 Å². The van der Waals surface area contributed by atoms with Gasteiger partial charge in [0.15, 0.2) is 0 Å². The van der Waals surface area contributed by atoms with Crippen LogP contribution in [0.4, 0.5) is 5.82 Å². The molecule has 1 aliphatic rings. The average molecular weight is 424 g/mol. The van der Waals surface area contributed by atoms with Gasteiger partial charge in [-0.15, -0.1) is 0 Å². The monoisotopic (exact) mass is 423 g/mol. The van der Waals surface area contributed by atoms with Crippen molar-refractivity contribution in [3.8, 4) is 23.1 Å².